The Labute approximate surface area is 203 Å². The van der Waals surface area contributed by atoms with Crippen LogP contribution in [0.15, 0.2) is 60.7 Å². The van der Waals surface area contributed by atoms with Crippen LogP contribution >= 0.6 is 0 Å². The molecule has 0 aliphatic heterocycles. The summed E-state index contributed by atoms with van der Waals surface area (Å²) in [7, 11) is 0. The van der Waals surface area contributed by atoms with Crippen molar-refractivity contribution in [2.24, 2.45) is 0 Å². The van der Waals surface area contributed by atoms with E-state index in [2.05, 4.69) is 0 Å². The van der Waals surface area contributed by atoms with Gasteiger partial charge in [-0.15, -0.1) is 0 Å². The fourth-order valence-corrected chi connectivity index (χ4v) is 4.61. The van der Waals surface area contributed by atoms with Crippen LogP contribution in [0.3, 0.4) is 0 Å². The van der Waals surface area contributed by atoms with Crippen LogP contribution in [0.2, 0.25) is 0 Å². The second-order valence-electron chi connectivity index (χ2n) is 8.40. The first-order valence-electron chi connectivity index (χ1n) is 11.0. The Morgan fingerprint density at radius 2 is 0.833 bits per heavy atom. The van der Waals surface area contributed by atoms with Crippen molar-refractivity contribution in [1.82, 2.24) is 0 Å². The van der Waals surface area contributed by atoms with Crippen molar-refractivity contribution in [3.63, 3.8) is 0 Å². The van der Waals surface area contributed by atoms with E-state index in [9.17, 15) is 39.6 Å². The number of hydrogen-bond donors (Lipinski definition) is 4. The predicted molar refractivity (Wildman–Crippen MR) is 128 cm³/mol. The Hall–Kier alpha value is -4.98. The molecule has 0 atom stereocenters. The van der Waals surface area contributed by atoms with Gasteiger partial charge in [-0.3, -0.25) is 19.2 Å². The third-order valence-corrected chi connectivity index (χ3v) is 6.33. The van der Waals surface area contributed by atoms with E-state index >= 15 is 0 Å². The molecule has 0 aromatic heterocycles. The van der Waals surface area contributed by atoms with E-state index in [-0.39, 0.29) is 80.8 Å². The zero-order valence-electron chi connectivity index (χ0n) is 18.6. The van der Waals surface area contributed by atoms with Gasteiger partial charge in [0.05, 0.1) is 22.3 Å². The zero-order chi connectivity index (χ0) is 25.7. The van der Waals surface area contributed by atoms with Gasteiger partial charge in [-0.1, -0.05) is 48.5 Å². The lowest BCUT2D eigenvalue weighted by atomic mass is 9.83. The standard InChI is InChI=1S/C14H10O4.C14H8O4/c2*15-9-5-6-10(16)12-11(9)13(17)7-3-1-2-4-8(7)14(12)18/h1-4,17-18H,5-6H2;1-6,15-16H. The first kappa shape index (κ1) is 22.8. The van der Waals surface area contributed by atoms with Crippen LogP contribution in [0.25, 0.3) is 10.8 Å². The van der Waals surface area contributed by atoms with E-state index < -0.39 is 11.6 Å². The van der Waals surface area contributed by atoms with E-state index in [1.807, 2.05) is 0 Å². The largest absolute Gasteiger partial charge is 0.507 e. The Bertz CT molecular complexity index is 1530. The highest BCUT2D eigenvalue weighted by Gasteiger charge is 2.34. The Balaban J connectivity index is 0.000000148. The second-order valence-corrected chi connectivity index (χ2v) is 8.40. The van der Waals surface area contributed by atoms with Crippen molar-refractivity contribution in [1.29, 1.82) is 0 Å². The van der Waals surface area contributed by atoms with E-state index in [1.54, 1.807) is 36.4 Å². The van der Waals surface area contributed by atoms with Crippen LogP contribution < -0.4 is 0 Å². The molecule has 0 saturated heterocycles. The second kappa shape index (κ2) is 8.35. The van der Waals surface area contributed by atoms with Crippen molar-refractivity contribution >= 4 is 33.9 Å². The maximum atomic E-state index is 12.2. The van der Waals surface area contributed by atoms with Gasteiger partial charge in [-0.2, -0.15) is 0 Å². The zero-order valence-corrected chi connectivity index (χ0v) is 18.6. The molecular weight excluding hydrogens is 464 g/mol. The number of phenols is 4. The average Bonchev–Trinajstić information content (AvgIpc) is 2.89. The normalized spacial score (nSPS) is 14.0. The molecule has 0 heterocycles. The summed E-state index contributed by atoms with van der Waals surface area (Å²) in [5, 5.41) is 40.4. The summed E-state index contributed by atoms with van der Waals surface area (Å²) in [5.41, 5.74) is 0.161. The Kier molecular flexibility index (Phi) is 5.29. The molecule has 6 rings (SSSR count). The SMILES string of the molecule is O=C1CCC(=O)c2c1c(O)c1ccccc1c2O.O=C1c2ccccc2C(=O)c2c(O)ccc(O)c21. The van der Waals surface area contributed by atoms with E-state index in [0.717, 1.165) is 0 Å². The number of rotatable bonds is 0. The van der Waals surface area contributed by atoms with Crippen molar-refractivity contribution < 1.29 is 39.6 Å². The van der Waals surface area contributed by atoms with Gasteiger partial charge in [0.25, 0.3) is 0 Å². The molecule has 178 valence electrons. The molecule has 4 N–H and O–H groups in total. The minimum absolute atomic E-state index is 0.0394. The molecule has 0 amide bonds. The average molecular weight is 482 g/mol. The smallest absolute Gasteiger partial charge is 0.198 e. The number of hydrogen-bond acceptors (Lipinski definition) is 8. The van der Waals surface area contributed by atoms with Crippen molar-refractivity contribution in [3.8, 4) is 23.0 Å². The predicted octanol–water partition coefficient (Wildman–Crippen LogP) is 4.28. The van der Waals surface area contributed by atoms with Crippen LogP contribution in [0.1, 0.15) is 65.4 Å². The van der Waals surface area contributed by atoms with Crippen molar-refractivity contribution in [2.45, 2.75) is 12.8 Å². The highest BCUT2D eigenvalue weighted by Crippen LogP contribution is 2.42. The highest BCUT2D eigenvalue weighted by atomic mass is 16.3. The molecular formula is C28H18O8. The summed E-state index contributed by atoms with van der Waals surface area (Å²) in [4.78, 5) is 48.1. The molecule has 0 spiro atoms. The molecule has 0 saturated carbocycles. The number of carbonyl (C=O) groups excluding carboxylic acids is 4. The van der Waals surface area contributed by atoms with Crippen LogP contribution in [-0.2, 0) is 0 Å². The molecule has 2 aliphatic rings. The first-order valence-corrected chi connectivity index (χ1v) is 11.0. The molecule has 4 aromatic rings. The topological polar surface area (TPSA) is 149 Å². The van der Waals surface area contributed by atoms with E-state index in [4.69, 9.17) is 0 Å². The lowest BCUT2D eigenvalue weighted by Gasteiger charge is -2.18. The van der Waals surface area contributed by atoms with Gasteiger partial charge in [-0.25, -0.2) is 0 Å². The van der Waals surface area contributed by atoms with Crippen molar-refractivity contribution in [2.75, 3.05) is 0 Å². The molecule has 36 heavy (non-hydrogen) atoms. The maximum absolute atomic E-state index is 12.2. The van der Waals surface area contributed by atoms with Crippen LogP contribution in [0, 0.1) is 0 Å². The van der Waals surface area contributed by atoms with Gasteiger partial charge in [0.1, 0.15) is 23.0 Å². The Morgan fingerprint density at radius 3 is 1.22 bits per heavy atom. The lowest BCUT2D eigenvalue weighted by Crippen LogP contribution is -2.20. The number of aromatic hydroxyl groups is 4. The summed E-state index contributed by atoms with van der Waals surface area (Å²) in [6.07, 6.45) is 0.161. The third-order valence-electron chi connectivity index (χ3n) is 6.33. The molecule has 4 aromatic carbocycles. The first-order chi connectivity index (χ1) is 17.2. The lowest BCUT2D eigenvalue weighted by molar-refractivity contribution is 0.0885. The van der Waals surface area contributed by atoms with Gasteiger partial charge in [-0.05, 0) is 12.1 Å². The van der Waals surface area contributed by atoms with Gasteiger partial charge in [0.15, 0.2) is 23.1 Å². The molecule has 2 aliphatic carbocycles. The van der Waals surface area contributed by atoms with Gasteiger partial charge < -0.3 is 20.4 Å². The van der Waals surface area contributed by atoms with Crippen LogP contribution in [-0.4, -0.2) is 43.6 Å². The number of benzene rings is 4. The summed E-state index contributed by atoms with van der Waals surface area (Å²) in [5.74, 6) is -2.52. The summed E-state index contributed by atoms with van der Waals surface area (Å²) >= 11 is 0. The Morgan fingerprint density at radius 1 is 0.472 bits per heavy atom. The number of Topliss-reactive ketones (excluding diaryl/α,β-unsaturated/α-hetero) is 2. The fraction of sp³-hybridized carbons (Fsp3) is 0.0714. The molecule has 0 bridgehead atoms. The van der Waals surface area contributed by atoms with E-state index in [0.29, 0.717) is 10.8 Å². The van der Waals surface area contributed by atoms with Crippen LogP contribution in [0.5, 0.6) is 23.0 Å². The monoisotopic (exact) mass is 482 g/mol. The van der Waals surface area contributed by atoms with Crippen molar-refractivity contribution in [3.05, 3.63) is 94.0 Å². The quantitative estimate of drug-likeness (QED) is 0.239. The molecule has 0 unspecified atom stereocenters. The molecule has 8 nitrogen and oxygen atoms in total. The van der Waals surface area contributed by atoms with Gasteiger partial charge >= 0.3 is 0 Å². The van der Waals surface area contributed by atoms with Gasteiger partial charge in [0, 0.05) is 34.7 Å². The van der Waals surface area contributed by atoms with E-state index in [1.165, 1.54) is 24.3 Å². The minimum atomic E-state index is -0.450. The summed E-state index contributed by atoms with van der Waals surface area (Å²) in [6.45, 7) is 0. The fourth-order valence-electron chi connectivity index (χ4n) is 4.61. The maximum Gasteiger partial charge on any atom is 0.198 e. The molecule has 0 radical (unpaired) electrons. The number of fused-ring (bicyclic) bond motifs is 4. The number of carbonyl (C=O) groups is 4. The minimum Gasteiger partial charge on any atom is -0.507 e. The molecule has 8 heteroatoms. The third kappa shape index (κ3) is 3.31. The highest BCUT2D eigenvalue weighted by molar-refractivity contribution is 6.30. The number of phenolic OH excluding ortho intramolecular Hbond substituents is 4. The van der Waals surface area contributed by atoms with Gasteiger partial charge in [0.2, 0.25) is 0 Å². The molecule has 0 fully saturated rings. The summed E-state index contributed by atoms with van der Waals surface area (Å²) < 4.78 is 0. The number of ketones is 4. The summed E-state index contributed by atoms with van der Waals surface area (Å²) in [6, 6.07) is 15.4. The van der Waals surface area contributed by atoms with Crippen LogP contribution in [0.4, 0.5) is 0 Å².